The average Bonchev–Trinajstić information content (AvgIpc) is 2.82. The summed E-state index contributed by atoms with van der Waals surface area (Å²) >= 11 is 0. The molecular formula is C30H57N3. The summed E-state index contributed by atoms with van der Waals surface area (Å²) in [5, 5.41) is 11.1. The zero-order chi connectivity index (χ0) is 23.8. The highest BCUT2D eigenvalue weighted by Crippen LogP contribution is 2.23. The van der Waals surface area contributed by atoms with E-state index in [-0.39, 0.29) is 0 Å². The van der Waals surface area contributed by atoms with E-state index in [9.17, 15) is 0 Å². The lowest BCUT2D eigenvalue weighted by Crippen LogP contribution is -2.07. The van der Waals surface area contributed by atoms with Crippen molar-refractivity contribution >= 4 is 17.1 Å². The van der Waals surface area contributed by atoms with Crippen LogP contribution in [0.15, 0.2) is 18.2 Å². The van der Waals surface area contributed by atoms with Gasteiger partial charge in [-0.25, -0.2) is 0 Å². The fourth-order valence-corrected chi connectivity index (χ4v) is 4.35. The molecule has 0 saturated carbocycles. The summed E-state index contributed by atoms with van der Waals surface area (Å²) in [5.74, 6) is 0. The number of nitrogens with one attached hydrogen (secondary N) is 3. The topological polar surface area (TPSA) is 36.1 Å². The smallest absolute Gasteiger partial charge is 0.0381 e. The third kappa shape index (κ3) is 17.7. The molecule has 0 saturated heterocycles. The molecule has 3 heteroatoms. The van der Waals surface area contributed by atoms with E-state index in [1.165, 1.54) is 133 Å². The predicted molar refractivity (Wildman–Crippen MR) is 152 cm³/mol. The summed E-state index contributed by atoms with van der Waals surface area (Å²) in [6.45, 7) is 10.1. The molecule has 3 nitrogen and oxygen atoms in total. The summed E-state index contributed by atoms with van der Waals surface area (Å²) < 4.78 is 0. The first-order valence-electron chi connectivity index (χ1n) is 14.7. The van der Waals surface area contributed by atoms with Gasteiger partial charge in [0.1, 0.15) is 0 Å². The van der Waals surface area contributed by atoms with Crippen molar-refractivity contribution in [2.24, 2.45) is 0 Å². The van der Waals surface area contributed by atoms with E-state index in [1.54, 1.807) is 0 Å². The molecule has 0 bridgehead atoms. The molecule has 3 N–H and O–H groups in total. The number of hydrogen-bond acceptors (Lipinski definition) is 3. The number of hydrogen-bond donors (Lipinski definition) is 3. The molecule has 0 aliphatic heterocycles. The molecule has 0 aromatic heterocycles. The first-order valence-corrected chi connectivity index (χ1v) is 14.7. The van der Waals surface area contributed by atoms with Crippen LogP contribution in [0.5, 0.6) is 0 Å². The van der Waals surface area contributed by atoms with Crippen molar-refractivity contribution in [1.29, 1.82) is 0 Å². The Kier molecular flexibility index (Phi) is 20.1. The highest BCUT2D eigenvalue weighted by Gasteiger charge is 2.02. The van der Waals surface area contributed by atoms with Gasteiger partial charge in [-0.3, -0.25) is 0 Å². The second-order valence-electron chi connectivity index (χ2n) is 9.88. The quantitative estimate of drug-likeness (QED) is 0.135. The van der Waals surface area contributed by atoms with Gasteiger partial charge in [-0.05, 0) is 37.5 Å². The number of unbranched alkanes of at least 4 members (excludes halogenated alkanes) is 15. The van der Waals surface area contributed by atoms with Gasteiger partial charge in [-0.15, -0.1) is 0 Å². The van der Waals surface area contributed by atoms with Crippen LogP contribution in [0.4, 0.5) is 17.1 Å². The molecule has 0 unspecified atom stereocenters. The van der Waals surface area contributed by atoms with Gasteiger partial charge in [-0.2, -0.15) is 0 Å². The van der Waals surface area contributed by atoms with Crippen molar-refractivity contribution in [3.63, 3.8) is 0 Å². The molecule has 0 spiro atoms. The van der Waals surface area contributed by atoms with Crippen molar-refractivity contribution in [3.05, 3.63) is 18.2 Å². The highest BCUT2D eigenvalue weighted by atomic mass is 14.9. The van der Waals surface area contributed by atoms with Crippen molar-refractivity contribution in [2.75, 3.05) is 35.6 Å². The van der Waals surface area contributed by atoms with Crippen LogP contribution in [0.2, 0.25) is 0 Å². The average molecular weight is 460 g/mol. The van der Waals surface area contributed by atoms with Gasteiger partial charge in [-0.1, -0.05) is 117 Å². The lowest BCUT2D eigenvalue weighted by molar-refractivity contribution is 0.616. The maximum Gasteiger partial charge on any atom is 0.0381 e. The van der Waals surface area contributed by atoms with Crippen LogP contribution in [0, 0.1) is 0 Å². The summed E-state index contributed by atoms with van der Waals surface area (Å²) in [4.78, 5) is 0. The fraction of sp³-hybridized carbons (Fsp3) is 0.800. The summed E-state index contributed by atoms with van der Waals surface area (Å²) in [6, 6.07) is 6.89. The molecule has 1 aromatic rings. The molecule has 192 valence electrons. The second kappa shape index (κ2) is 22.4. The molecule has 1 rings (SSSR count). The van der Waals surface area contributed by atoms with Crippen LogP contribution < -0.4 is 16.0 Å². The van der Waals surface area contributed by atoms with Crippen molar-refractivity contribution in [1.82, 2.24) is 0 Å². The van der Waals surface area contributed by atoms with Crippen LogP contribution in [-0.4, -0.2) is 19.6 Å². The Balaban J connectivity index is 2.44. The van der Waals surface area contributed by atoms with Gasteiger partial charge < -0.3 is 16.0 Å². The van der Waals surface area contributed by atoms with Crippen LogP contribution in [0.25, 0.3) is 0 Å². The van der Waals surface area contributed by atoms with E-state index in [0.717, 1.165) is 19.6 Å². The van der Waals surface area contributed by atoms with E-state index in [1.807, 2.05) is 0 Å². The van der Waals surface area contributed by atoms with Gasteiger partial charge in [0.2, 0.25) is 0 Å². The molecule has 0 radical (unpaired) electrons. The van der Waals surface area contributed by atoms with Crippen molar-refractivity contribution in [2.45, 2.75) is 136 Å². The molecule has 0 aliphatic carbocycles. The van der Waals surface area contributed by atoms with Crippen LogP contribution >= 0.6 is 0 Å². The normalized spacial score (nSPS) is 11.0. The summed E-state index contributed by atoms with van der Waals surface area (Å²) in [7, 11) is 0. The Bertz CT molecular complexity index is 455. The highest BCUT2D eigenvalue weighted by molar-refractivity contribution is 5.67. The molecule has 0 heterocycles. The molecule has 0 amide bonds. The standard InChI is InChI=1S/C30H57N3/c1-4-7-10-13-16-19-22-31-28-25-29(32-23-20-17-14-11-8-5-2)27-30(26-28)33-24-21-18-15-12-9-6-3/h25-27,31-33H,4-24H2,1-3H3. The maximum absolute atomic E-state index is 3.69. The van der Waals surface area contributed by atoms with E-state index in [2.05, 4.69) is 54.9 Å². The predicted octanol–water partition coefficient (Wildman–Crippen LogP) is 10.0. The second-order valence-corrected chi connectivity index (χ2v) is 9.88. The van der Waals surface area contributed by atoms with Gasteiger partial charge >= 0.3 is 0 Å². The van der Waals surface area contributed by atoms with Crippen molar-refractivity contribution in [3.8, 4) is 0 Å². The Morgan fingerprint density at radius 3 is 0.879 bits per heavy atom. The Hall–Kier alpha value is -1.38. The third-order valence-electron chi connectivity index (χ3n) is 6.51. The van der Waals surface area contributed by atoms with E-state index < -0.39 is 0 Å². The van der Waals surface area contributed by atoms with Crippen LogP contribution in [-0.2, 0) is 0 Å². The lowest BCUT2D eigenvalue weighted by Gasteiger charge is -2.15. The minimum Gasteiger partial charge on any atom is -0.385 e. The van der Waals surface area contributed by atoms with Crippen molar-refractivity contribution < 1.29 is 0 Å². The van der Waals surface area contributed by atoms with E-state index in [0.29, 0.717) is 0 Å². The number of anilines is 3. The first kappa shape index (κ1) is 29.7. The molecule has 33 heavy (non-hydrogen) atoms. The molecule has 0 atom stereocenters. The minimum absolute atomic E-state index is 1.07. The molecule has 0 aliphatic rings. The number of rotatable bonds is 24. The first-order chi connectivity index (χ1) is 16.3. The van der Waals surface area contributed by atoms with Gasteiger partial charge in [0, 0.05) is 36.7 Å². The van der Waals surface area contributed by atoms with E-state index >= 15 is 0 Å². The largest absolute Gasteiger partial charge is 0.385 e. The molecule has 0 fully saturated rings. The zero-order valence-corrected chi connectivity index (χ0v) is 22.6. The van der Waals surface area contributed by atoms with Gasteiger partial charge in [0.05, 0.1) is 0 Å². The molecular weight excluding hydrogens is 402 g/mol. The zero-order valence-electron chi connectivity index (χ0n) is 22.6. The van der Waals surface area contributed by atoms with Crippen LogP contribution in [0.1, 0.15) is 136 Å². The Morgan fingerprint density at radius 2 is 0.606 bits per heavy atom. The Labute approximate surface area is 207 Å². The SMILES string of the molecule is CCCCCCCCNc1cc(NCCCCCCCC)cc(NCCCCCCCC)c1. The third-order valence-corrected chi connectivity index (χ3v) is 6.51. The minimum atomic E-state index is 1.07. The monoisotopic (exact) mass is 459 g/mol. The van der Waals surface area contributed by atoms with Gasteiger partial charge in [0.15, 0.2) is 0 Å². The fourth-order valence-electron chi connectivity index (χ4n) is 4.35. The van der Waals surface area contributed by atoms with Crippen LogP contribution in [0.3, 0.4) is 0 Å². The summed E-state index contributed by atoms with van der Waals surface area (Å²) in [5.41, 5.74) is 3.76. The number of benzene rings is 1. The van der Waals surface area contributed by atoms with E-state index in [4.69, 9.17) is 0 Å². The lowest BCUT2D eigenvalue weighted by atomic mass is 10.1. The van der Waals surface area contributed by atoms with Gasteiger partial charge in [0.25, 0.3) is 0 Å². The Morgan fingerprint density at radius 1 is 0.364 bits per heavy atom. The summed E-state index contributed by atoms with van der Waals surface area (Å²) in [6.07, 6.45) is 24.2. The molecule has 1 aromatic carbocycles. The maximum atomic E-state index is 3.69.